The fourth-order valence-corrected chi connectivity index (χ4v) is 0.567. The number of amidine groups is 1. The minimum Gasteiger partial charge on any atom is -0.291 e. The third-order valence-electron chi connectivity index (χ3n) is 0.383. The SMILES string of the molecule is NC(=[NH2+])CCBr. The molecule has 0 aromatic heterocycles. The first-order valence-corrected chi connectivity index (χ1v) is 2.82. The molecule has 0 fully saturated rings. The molecule has 2 nitrogen and oxygen atoms in total. The van der Waals surface area contributed by atoms with Gasteiger partial charge in [0.05, 0.1) is 6.42 Å². The number of alkyl halides is 1. The van der Waals surface area contributed by atoms with E-state index in [1.54, 1.807) is 0 Å². The molecule has 0 saturated heterocycles. The lowest BCUT2D eigenvalue weighted by molar-refractivity contribution is -0.117. The zero-order chi connectivity index (χ0) is 4.99. The molecule has 0 unspecified atom stereocenters. The molecule has 0 aromatic carbocycles. The van der Waals surface area contributed by atoms with E-state index in [2.05, 4.69) is 15.9 Å². The summed E-state index contributed by atoms with van der Waals surface area (Å²) in [6.45, 7) is 0. The molecule has 6 heavy (non-hydrogen) atoms. The Balaban J connectivity index is 2.83. The first kappa shape index (κ1) is 5.95. The molecule has 0 radical (unpaired) electrons. The van der Waals surface area contributed by atoms with Crippen LogP contribution >= 0.6 is 15.9 Å². The maximum atomic E-state index is 5.07. The summed E-state index contributed by atoms with van der Waals surface area (Å²) in [5, 5.41) is 5.92. The lowest BCUT2D eigenvalue weighted by atomic mass is 10.5. The standard InChI is InChI=1S/C3H7BrN2/c4-2-1-3(5)6/h1-2H2,(H3,5,6)/p+1. The second-order valence-corrected chi connectivity index (χ2v) is 1.81. The second kappa shape index (κ2) is 3.15. The Labute approximate surface area is 45.4 Å². The number of nitrogens with two attached hydrogens (primary N) is 2. The van der Waals surface area contributed by atoms with Crippen LogP contribution < -0.4 is 11.1 Å². The van der Waals surface area contributed by atoms with Crippen LogP contribution in [0.2, 0.25) is 0 Å². The van der Waals surface area contributed by atoms with Crippen molar-refractivity contribution in [3.05, 3.63) is 0 Å². The van der Waals surface area contributed by atoms with Crippen LogP contribution in [0.5, 0.6) is 0 Å². The van der Waals surface area contributed by atoms with Gasteiger partial charge in [-0.3, -0.25) is 11.1 Å². The lowest BCUT2D eigenvalue weighted by Gasteiger charge is -1.77. The molecule has 0 heterocycles. The van der Waals surface area contributed by atoms with Crippen molar-refractivity contribution in [3.63, 3.8) is 0 Å². The lowest BCUT2D eigenvalue weighted by Crippen LogP contribution is -2.45. The Morgan fingerprint density at radius 3 is 2.33 bits per heavy atom. The molecule has 0 aromatic rings. The fraction of sp³-hybridized carbons (Fsp3) is 0.667. The summed E-state index contributed by atoms with van der Waals surface area (Å²) in [7, 11) is 0. The molecule has 0 aliphatic carbocycles. The van der Waals surface area contributed by atoms with E-state index in [0.717, 1.165) is 11.8 Å². The highest BCUT2D eigenvalue weighted by atomic mass is 79.9. The molecule has 0 saturated carbocycles. The summed E-state index contributed by atoms with van der Waals surface area (Å²) >= 11 is 3.17. The van der Waals surface area contributed by atoms with Crippen LogP contribution in [0.1, 0.15) is 6.42 Å². The quantitative estimate of drug-likeness (QED) is 0.294. The summed E-state index contributed by atoms with van der Waals surface area (Å²) in [5.74, 6) is 0.492. The summed E-state index contributed by atoms with van der Waals surface area (Å²) in [6.07, 6.45) is 0.764. The van der Waals surface area contributed by atoms with E-state index in [-0.39, 0.29) is 0 Å². The van der Waals surface area contributed by atoms with Gasteiger partial charge in [0.2, 0.25) is 5.84 Å². The van der Waals surface area contributed by atoms with Crippen LogP contribution in [-0.4, -0.2) is 11.2 Å². The molecule has 0 aliphatic heterocycles. The highest BCUT2D eigenvalue weighted by molar-refractivity contribution is 9.09. The van der Waals surface area contributed by atoms with Crippen LogP contribution in [0.15, 0.2) is 0 Å². The first-order chi connectivity index (χ1) is 2.77. The molecule has 0 amide bonds. The molecule has 0 atom stereocenters. The topological polar surface area (TPSA) is 51.6 Å². The van der Waals surface area contributed by atoms with Gasteiger partial charge < -0.3 is 0 Å². The summed E-state index contributed by atoms with van der Waals surface area (Å²) in [4.78, 5) is 0. The second-order valence-electron chi connectivity index (χ2n) is 1.01. The first-order valence-electron chi connectivity index (χ1n) is 1.70. The fourth-order valence-electron chi connectivity index (χ4n) is 0.109. The average molecular weight is 152 g/mol. The van der Waals surface area contributed by atoms with Gasteiger partial charge in [-0.25, -0.2) is 0 Å². The van der Waals surface area contributed by atoms with Crippen LogP contribution in [-0.2, 0) is 0 Å². The van der Waals surface area contributed by atoms with Gasteiger partial charge in [0, 0.05) is 5.33 Å². The molecule has 0 spiro atoms. The Bertz CT molecular complexity index is 52.8. The molecular formula is C3H8BrN2+. The van der Waals surface area contributed by atoms with Gasteiger partial charge in [-0.1, -0.05) is 15.9 Å². The highest BCUT2D eigenvalue weighted by Gasteiger charge is 1.87. The van der Waals surface area contributed by atoms with Crippen LogP contribution in [0.4, 0.5) is 0 Å². The zero-order valence-corrected chi connectivity index (χ0v) is 5.03. The van der Waals surface area contributed by atoms with E-state index in [4.69, 9.17) is 11.1 Å². The Morgan fingerprint density at radius 2 is 2.33 bits per heavy atom. The van der Waals surface area contributed by atoms with Crippen LogP contribution in [0, 0.1) is 0 Å². The van der Waals surface area contributed by atoms with Crippen LogP contribution in [0.3, 0.4) is 0 Å². The van der Waals surface area contributed by atoms with Crippen molar-refractivity contribution in [2.75, 3.05) is 5.33 Å². The van der Waals surface area contributed by atoms with E-state index in [1.807, 2.05) is 0 Å². The van der Waals surface area contributed by atoms with Gasteiger partial charge in [-0.05, 0) is 0 Å². The van der Waals surface area contributed by atoms with Crippen LogP contribution in [0.25, 0.3) is 0 Å². The van der Waals surface area contributed by atoms with Gasteiger partial charge >= 0.3 is 0 Å². The van der Waals surface area contributed by atoms with Crippen molar-refractivity contribution < 1.29 is 5.41 Å². The van der Waals surface area contributed by atoms with Gasteiger partial charge in [0.25, 0.3) is 0 Å². The number of hydrogen-bond donors (Lipinski definition) is 2. The monoisotopic (exact) mass is 151 g/mol. The third-order valence-corrected chi connectivity index (χ3v) is 0.780. The molecule has 0 bridgehead atoms. The molecule has 36 valence electrons. The number of rotatable bonds is 2. The summed E-state index contributed by atoms with van der Waals surface area (Å²) < 4.78 is 0. The molecular weight excluding hydrogens is 144 g/mol. The van der Waals surface area contributed by atoms with E-state index < -0.39 is 0 Å². The average Bonchev–Trinajstić information content (AvgIpc) is 1.35. The minimum atomic E-state index is 0.492. The van der Waals surface area contributed by atoms with E-state index in [9.17, 15) is 0 Å². The van der Waals surface area contributed by atoms with Gasteiger partial charge in [0.15, 0.2) is 0 Å². The summed E-state index contributed by atoms with van der Waals surface area (Å²) in [6, 6.07) is 0. The van der Waals surface area contributed by atoms with E-state index >= 15 is 0 Å². The zero-order valence-electron chi connectivity index (χ0n) is 3.45. The number of halogens is 1. The third kappa shape index (κ3) is 3.95. The molecule has 0 rings (SSSR count). The molecule has 0 aliphatic rings. The molecule has 3 heteroatoms. The predicted molar refractivity (Wildman–Crippen MR) is 29.5 cm³/mol. The van der Waals surface area contributed by atoms with E-state index in [0.29, 0.717) is 5.84 Å². The Morgan fingerprint density at radius 1 is 1.83 bits per heavy atom. The normalized spacial score (nSPS) is 8.17. The maximum absolute atomic E-state index is 5.07. The highest BCUT2D eigenvalue weighted by Crippen LogP contribution is 1.81. The van der Waals surface area contributed by atoms with E-state index in [1.165, 1.54) is 0 Å². The van der Waals surface area contributed by atoms with Crippen molar-refractivity contribution in [1.82, 2.24) is 0 Å². The summed E-state index contributed by atoms with van der Waals surface area (Å²) in [5.41, 5.74) is 5.07. The largest absolute Gasteiger partial charge is 0.291 e. The minimum absolute atomic E-state index is 0.492. The van der Waals surface area contributed by atoms with Gasteiger partial charge in [-0.15, -0.1) is 0 Å². The molecule has 4 N–H and O–H groups in total. The van der Waals surface area contributed by atoms with Gasteiger partial charge in [-0.2, -0.15) is 0 Å². The predicted octanol–water partition coefficient (Wildman–Crippen LogP) is -1.11. The Hall–Kier alpha value is -0.0500. The maximum Gasteiger partial charge on any atom is 0.239 e. The van der Waals surface area contributed by atoms with Gasteiger partial charge in [0.1, 0.15) is 0 Å². The Kier molecular flexibility index (Phi) is 3.13. The number of hydrogen-bond acceptors (Lipinski definition) is 0. The van der Waals surface area contributed by atoms with Crippen molar-refractivity contribution in [1.29, 1.82) is 0 Å². The van der Waals surface area contributed by atoms with Crippen molar-refractivity contribution in [3.8, 4) is 0 Å². The van der Waals surface area contributed by atoms with Crippen molar-refractivity contribution in [2.45, 2.75) is 6.42 Å². The van der Waals surface area contributed by atoms with Crippen molar-refractivity contribution in [2.24, 2.45) is 5.73 Å². The smallest absolute Gasteiger partial charge is 0.239 e. The van der Waals surface area contributed by atoms with Crippen molar-refractivity contribution >= 4 is 21.8 Å².